The van der Waals surface area contributed by atoms with E-state index in [1.807, 2.05) is 25.1 Å². The molecule has 0 saturated heterocycles. The van der Waals surface area contributed by atoms with Crippen LogP contribution in [0.4, 0.5) is 0 Å². The predicted octanol–water partition coefficient (Wildman–Crippen LogP) is 3.65. The predicted molar refractivity (Wildman–Crippen MR) is 76.8 cm³/mol. The van der Waals surface area contributed by atoms with Gasteiger partial charge in [0.15, 0.2) is 0 Å². The van der Waals surface area contributed by atoms with E-state index in [1.54, 1.807) is 11.3 Å². The average molecular weight is 254 g/mol. The van der Waals surface area contributed by atoms with Gasteiger partial charge >= 0.3 is 0 Å². The normalized spacial score (nSPS) is 12.8. The first-order valence-electron chi connectivity index (χ1n) is 5.89. The summed E-state index contributed by atoms with van der Waals surface area (Å²) in [5.74, 6) is 0. The number of rotatable bonds is 2. The van der Waals surface area contributed by atoms with Crippen molar-refractivity contribution in [2.24, 2.45) is 5.73 Å². The van der Waals surface area contributed by atoms with E-state index in [4.69, 9.17) is 5.73 Å². The van der Waals surface area contributed by atoms with Crippen molar-refractivity contribution >= 4 is 22.2 Å². The number of benzene rings is 1. The summed E-state index contributed by atoms with van der Waals surface area (Å²) in [6, 6.07) is 12.3. The summed E-state index contributed by atoms with van der Waals surface area (Å²) in [5, 5.41) is 5.31. The fraction of sp³-hybridized carbons (Fsp3) is 0.133. The van der Waals surface area contributed by atoms with E-state index in [-0.39, 0.29) is 6.04 Å². The molecule has 2 aromatic heterocycles. The highest BCUT2D eigenvalue weighted by molar-refractivity contribution is 7.08. The molecule has 3 heteroatoms. The van der Waals surface area contributed by atoms with E-state index in [0.717, 1.165) is 27.7 Å². The van der Waals surface area contributed by atoms with E-state index >= 15 is 0 Å². The van der Waals surface area contributed by atoms with Crippen LogP contribution in [0.5, 0.6) is 0 Å². The molecule has 2 heterocycles. The Morgan fingerprint density at radius 3 is 2.83 bits per heavy atom. The van der Waals surface area contributed by atoms with E-state index in [9.17, 15) is 0 Å². The summed E-state index contributed by atoms with van der Waals surface area (Å²) in [6.45, 7) is 2.01. The number of nitrogens with two attached hydrogens (primary N) is 1. The summed E-state index contributed by atoms with van der Waals surface area (Å²) in [6.07, 6.45) is 0. The van der Waals surface area contributed by atoms with Gasteiger partial charge in [-0.15, -0.1) is 0 Å². The summed E-state index contributed by atoms with van der Waals surface area (Å²) < 4.78 is 0. The molecule has 0 aliphatic heterocycles. The van der Waals surface area contributed by atoms with Gasteiger partial charge in [0.1, 0.15) is 0 Å². The van der Waals surface area contributed by atoms with Crippen LogP contribution >= 0.6 is 11.3 Å². The third kappa shape index (κ3) is 1.92. The maximum Gasteiger partial charge on any atom is 0.0708 e. The molecule has 3 aromatic rings. The minimum Gasteiger partial charge on any atom is -0.320 e. The van der Waals surface area contributed by atoms with Gasteiger partial charge in [0.05, 0.1) is 11.6 Å². The molecule has 3 rings (SSSR count). The zero-order valence-corrected chi connectivity index (χ0v) is 10.9. The molecule has 2 N–H and O–H groups in total. The SMILES string of the molecule is Cc1cc(C(N)c2ccsc2)c2ccccc2n1. The van der Waals surface area contributed by atoms with Crippen LogP contribution in [0, 0.1) is 6.92 Å². The van der Waals surface area contributed by atoms with Gasteiger partial charge in [0.2, 0.25) is 0 Å². The average Bonchev–Trinajstić information content (AvgIpc) is 2.90. The van der Waals surface area contributed by atoms with E-state index in [0.29, 0.717) is 0 Å². The van der Waals surface area contributed by atoms with Crippen molar-refractivity contribution < 1.29 is 0 Å². The van der Waals surface area contributed by atoms with Crippen molar-refractivity contribution in [2.75, 3.05) is 0 Å². The van der Waals surface area contributed by atoms with Gasteiger partial charge < -0.3 is 5.73 Å². The van der Waals surface area contributed by atoms with Crippen molar-refractivity contribution in [3.05, 3.63) is 64.0 Å². The molecule has 1 aromatic carbocycles. The third-order valence-electron chi connectivity index (χ3n) is 3.11. The van der Waals surface area contributed by atoms with Crippen molar-refractivity contribution in [3.63, 3.8) is 0 Å². The molecule has 0 fully saturated rings. The molecular formula is C15H14N2S. The van der Waals surface area contributed by atoms with Gasteiger partial charge in [0, 0.05) is 11.1 Å². The molecule has 0 spiro atoms. The third-order valence-corrected chi connectivity index (χ3v) is 3.82. The Morgan fingerprint density at radius 1 is 1.22 bits per heavy atom. The molecule has 0 radical (unpaired) electrons. The molecule has 0 bridgehead atoms. The number of para-hydroxylation sites is 1. The first kappa shape index (κ1) is 11.4. The minimum absolute atomic E-state index is 0.0807. The Bertz CT molecular complexity index is 674. The number of aromatic nitrogens is 1. The van der Waals surface area contributed by atoms with Gasteiger partial charge in [-0.1, -0.05) is 18.2 Å². The summed E-state index contributed by atoms with van der Waals surface area (Å²) in [4.78, 5) is 4.55. The van der Waals surface area contributed by atoms with Gasteiger partial charge in [-0.3, -0.25) is 4.98 Å². The van der Waals surface area contributed by atoms with Crippen LogP contribution in [-0.4, -0.2) is 4.98 Å². The summed E-state index contributed by atoms with van der Waals surface area (Å²) in [5.41, 5.74) is 10.7. The first-order valence-corrected chi connectivity index (χ1v) is 6.84. The number of fused-ring (bicyclic) bond motifs is 1. The zero-order valence-electron chi connectivity index (χ0n) is 10.1. The Hall–Kier alpha value is -1.71. The van der Waals surface area contributed by atoms with Gasteiger partial charge in [-0.25, -0.2) is 0 Å². The van der Waals surface area contributed by atoms with Gasteiger partial charge in [0.25, 0.3) is 0 Å². The van der Waals surface area contributed by atoms with Crippen LogP contribution < -0.4 is 5.73 Å². The quantitative estimate of drug-likeness (QED) is 0.758. The second kappa shape index (κ2) is 4.52. The number of hydrogen-bond acceptors (Lipinski definition) is 3. The van der Waals surface area contributed by atoms with Crippen LogP contribution in [0.25, 0.3) is 10.9 Å². The van der Waals surface area contributed by atoms with E-state index in [1.165, 1.54) is 0 Å². The molecule has 1 unspecified atom stereocenters. The van der Waals surface area contributed by atoms with Crippen molar-refractivity contribution in [2.45, 2.75) is 13.0 Å². The second-order valence-electron chi connectivity index (χ2n) is 4.40. The number of pyridine rings is 1. The first-order chi connectivity index (χ1) is 8.75. The molecule has 0 saturated carbocycles. The lowest BCUT2D eigenvalue weighted by atomic mass is 9.97. The molecule has 2 nitrogen and oxygen atoms in total. The highest BCUT2D eigenvalue weighted by Crippen LogP contribution is 2.28. The van der Waals surface area contributed by atoms with Gasteiger partial charge in [-0.05, 0) is 47.0 Å². The standard InChI is InChI=1S/C15H14N2S/c1-10-8-13(15(16)11-6-7-18-9-11)12-4-2-3-5-14(12)17-10/h2-9,15H,16H2,1H3. The zero-order chi connectivity index (χ0) is 12.5. The number of aryl methyl sites for hydroxylation is 1. The van der Waals surface area contributed by atoms with Crippen LogP contribution in [0.15, 0.2) is 47.2 Å². The topological polar surface area (TPSA) is 38.9 Å². The fourth-order valence-electron chi connectivity index (χ4n) is 2.23. The molecule has 0 aliphatic rings. The number of hydrogen-bond donors (Lipinski definition) is 1. The minimum atomic E-state index is -0.0807. The van der Waals surface area contributed by atoms with E-state index in [2.05, 4.69) is 33.9 Å². The highest BCUT2D eigenvalue weighted by atomic mass is 32.1. The van der Waals surface area contributed by atoms with Gasteiger partial charge in [-0.2, -0.15) is 11.3 Å². The molecular weight excluding hydrogens is 240 g/mol. The lowest BCUT2D eigenvalue weighted by Gasteiger charge is -2.14. The summed E-state index contributed by atoms with van der Waals surface area (Å²) >= 11 is 1.68. The lowest BCUT2D eigenvalue weighted by Crippen LogP contribution is -2.12. The maximum atomic E-state index is 6.37. The Kier molecular flexibility index (Phi) is 2.86. The van der Waals surface area contributed by atoms with Crippen LogP contribution in [0.2, 0.25) is 0 Å². The smallest absolute Gasteiger partial charge is 0.0708 e. The van der Waals surface area contributed by atoms with Crippen molar-refractivity contribution in [1.29, 1.82) is 0 Å². The van der Waals surface area contributed by atoms with Crippen molar-refractivity contribution in [3.8, 4) is 0 Å². The molecule has 0 amide bonds. The van der Waals surface area contributed by atoms with Crippen LogP contribution in [0.3, 0.4) is 0 Å². The lowest BCUT2D eigenvalue weighted by molar-refractivity contribution is 0.881. The highest BCUT2D eigenvalue weighted by Gasteiger charge is 2.13. The second-order valence-corrected chi connectivity index (χ2v) is 5.18. The van der Waals surface area contributed by atoms with E-state index < -0.39 is 0 Å². The fourth-order valence-corrected chi connectivity index (χ4v) is 2.93. The van der Waals surface area contributed by atoms with Crippen LogP contribution in [0.1, 0.15) is 22.9 Å². The number of nitrogens with zero attached hydrogens (tertiary/aromatic N) is 1. The number of thiophene rings is 1. The Balaban J connectivity index is 2.22. The monoisotopic (exact) mass is 254 g/mol. The Labute approximate surface area is 110 Å². The van der Waals surface area contributed by atoms with Crippen LogP contribution in [-0.2, 0) is 0 Å². The maximum absolute atomic E-state index is 6.37. The largest absolute Gasteiger partial charge is 0.320 e. The molecule has 90 valence electrons. The summed E-state index contributed by atoms with van der Waals surface area (Å²) in [7, 11) is 0. The van der Waals surface area contributed by atoms with Crippen molar-refractivity contribution in [1.82, 2.24) is 4.98 Å². The molecule has 1 atom stereocenters. The molecule has 0 aliphatic carbocycles. The Morgan fingerprint density at radius 2 is 2.06 bits per heavy atom. The molecule has 18 heavy (non-hydrogen) atoms.